The molecule has 0 aliphatic heterocycles. The molecule has 86 valence electrons. The number of aromatic nitrogens is 2. The molecule has 0 fully saturated rings. The third-order valence-electron chi connectivity index (χ3n) is 2.84. The highest BCUT2D eigenvalue weighted by atomic mass is 32.1. The predicted molar refractivity (Wildman–Crippen MR) is 68.5 cm³/mol. The van der Waals surface area contributed by atoms with E-state index in [0.717, 1.165) is 17.6 Å². The fraction of sp³-hybridized carbons (Fsp3) is 0.500. The van der Waals surface area contributed by atoms with Crippen LogP contribution in [0.1, 0.15) is 26.5 Å². The quantitative estimate of drug-likeness (QED) is 0.870. The van der Waals surface area contributed by atoms with Gasteiger partial charge in [-0.2, -0.15) is 0 Å². The summed E-state index contributed by atoms with van der Waals surface area (Å²) in [6.07, 6.45) is 2.43. The van der Waals surface area contributed by atoms with Gasteiger partial charge in [0.2, 0.25) is 0 Å². The van der Waals surface area contributed by atoms with Crippen LogP contribution >= 0.6 is 11.3 Å². The smallest absolute Gasteiger partial charge is 0.116 e. The Balaban J connectivity index is 2.31. The third kappa shape index (κ3) is 2.23. The summed E-state index contributed by atoms with van der Waals surface area (Å²) < 4.78 is 1.17. The summed E-state index contributed by atoms with van der Waals surface area (Å²) in [5.74, 6) is 0. The molecule has 1 atom stereocenters. The molecule has 0 radical (unpaired) electrons. The highest BCUT2D eigenvalue weighted by molar-refractivity contribution is 7.17. The minimum Gasteiger partial charge on any atom is -0.327 e. The van der Waals surface area contributed by atoms with E-state index in [-0.39, 0.29) is 11.5 Å². The predicted octanol–water partition coefficient (Wildman–Crippen LogP) is 2.61. The van der Waals surface area contributed by atoms with Gasteiger partial charge in [0.25, 0.3) is 0 Å². The van der Waals surface area contributed by atoms with E-state index in [2.05, 4.69) is 30.7 Å². The first-order valence-corrected chi connectivity index (χ1v) is 6.29. The van der Waals surface area contributed by atoms with Crippen LogP contribution in [0, 0.1) is 5.41 Å². The first kappa shape index (κ1) is 11.5. The van der Waals surface area contributed by atoms with E-state index in [4.69, 9.17) is 5.73 Å². The van der Waals surface area contributed by atoms with Gasteiger partial charge in [0, 0.05) is 12.5 Å². The Morgan fingerprint density at radius 1 is 1.38 bits per heavy atom. The van der Waals surface area contributed by atoms with Crippen molar-refractivity contribution < 1.29 is 0 Å². The molecule has 0 aliphatic carbocycles. The number of hydrogen-bond donors (Lipinski definition) is 1. The van der Waals surface area contributed by atoms with Gasteiger partial charge in [0.05, 0.1) is 15.9 Å². The molecular weight excluding hydrogens is 218 g/mol. The Bertz CT molecular complexity index is 484. The molecule has 0 aromatic carbocycles. The Morgan fingerprint density at radius 3 is 2.81 bits per heavy atom. The highest BCUT2D eigenvalue weighted by Crippen LogP contribution is 2.25. The van der Waals surface area contributed by atoms with Crippen molar-refractivity contribution in [2.45, 2.75) is 33.2 Å². The molecule has 2 heterocycles. The SMILES string of the molecule is CC(C)(C)C(N)Cc1ncnc2ccsc12. The maximum Gasteiger partial charge on any atom is 0.116 e. The van der Waals surface area contributed by atoms with Crippen LogP contribution in [0.2, 0.25) is 0 Å². The zero-order valence-corrected chi connectivity index (χ0v) is 10.7. The van der Waals surface area contributed by atoms with Gasteiger partial charge in [-0.25, -0.2) is 9.97 Å². The minimum atomic E-state index is 0.106. The lowest BCUT2D eigenvalue weighted by Gasteiger charge is -2.26. The van der Waals surface area contributed by atoms with E-state index < -0.39 is 0 Å². The van der Waals surface area contributed by atoms with Crippen LogP contribution in [0.15, 0.2) is 17.8 Å². The van der Waals surface area contributed by atoms with Gasteiger partial charge in [-0.15, -0.1) is 11.3 Å². The van der Waals surface area contributed by atoms with Gasteiger partial charge in [-0.05, 0) is 16.9 Å². The van der Waals surface area contributed by atoms with Crippen LogP contribution in [0.5, 0.6) is 0 Å². The summed E-state index contributed by atoms with van der Waals surface area (Å²) in [6, 6.07) is 2.14. The summed E-state index contributed by atoms with van der Waals surface area (Å²) in [4.78, 5) is 8.58. The molecular formula is C12H17N3S. The van der Waals surface area contributed by atoms with Gasteiger partial charge < -0.3 is 5.73 Å². The van der Waals surface area contributed by atoms with E-state index in [1.54, 1.807) is 17.7 Å². The number of hydrogen-bond acceptors (Lipinski definition) is 4. The zero-order valence-electron chi connectivity index (χ0n) is 9.90. The molecule has 1 unspecified atom stereocenters. The Hall–Kier alpha value is -1.000. The normalized spacial score (nSPS) is 14.2. The van der Waals surface area contributed by atoms with Gasteiger partial charge in [0.15, 0.2) is 0 Å². The molecule has 0 saturated carbocycles. The summed E-state index contributed by atoms with van der Waals surface area (Å²) in [5.41, 5.74) is 8.39. The Labute approximate surface area is 99.7 Å². The minimum absolute atomic E-state index is 0.106. The number of nitrogens with two attached hydrogens (primary N) is 1. The van der Waals surface area contributed by atoms with Crippen molar-refractivity contribution in [2.24, 2.45) is 11.1 Å². The van der Waals surface area contributed by atoms with Crippen LogP contribution < -0.4 is 5.73 Å². The van der Waals surface area contributed by atoms with E-state index in [9.17, 15) is 0 Å². The molecule has 16 heavy (non-hydrogen) atoms. The van der Waals surface area contributed by atoms with Crippen LogP contribution in [0.25, 0.3) is 10.2 Å². The first-order valence-electron chi connectivity index (χ1n) is 5.41. The maximum atomic E-state index is 6.19. The molecule has 0 amide bonds. The first-order chi connectivity index (χ1) is 7.48. The lowest BCUT2D eigenvalue weighted by molar-refractivity contribution is 0.317. The average molecular weight is 235 g/mol. The maximum absolute atomic E-state index is 6.19. The fourth-order valence-electron chi connectivity index (χ4n) is 1.50. The number of rotatable bonds is 2. The van der Waals surface area contributed by atoms with Gasteiger partial charge in [-0.3, -0.25) is 0 Å². The van der Waals surface area contributed by atoms with Crippen LogP contribution in [0.3, 0.4) is 0 Å². The van der Waals surface area contributed by atoms with E-state index >= 15 is 0 Å². The Morgan fingerprint density at radius 2 is 2.12 bits per heavy atom. The standard InChI is InChI=1S/C12H17N3S/c1-12(2,3)10(13)6-9-11-8(4-5-16-11)14-7-15-9/h4-5,7,10H,6,13H2,1-3H3. The van der Waals surface area contributed by atoms with Crippen LogP contribution in [0.4, 0.5) is 0 Å². The van der Waals surface area contributed by atoms with Crippen molar-refractivity contribution in [3.05, 3.63) is 23.5 Å². The second-order valence-electron chi connectivity index (χ2n) is 5.13. The molecule has 2 rings (SSSR count). The molecule has 2 N–H and O–H groups in total. The summed E-state index contributed by atoms with van der Waals surface area (Å²) in [5, 5.41) is 2.05. The summed E-state index contributed by atoms with van der Waals surface area (Å²) in [7, 11) is 0. The van der Waals surface area contributed by atoms with Crippen molar-refractivity contribution >= 4 is 21.6 Å². The largest absolute Gasteiger partial charge is 0.327 e. The van der Waals surface area contributed by atoms with Crippen molar-refractivity contribution in [3.8, 4) is 0 Å². The molecule has 0 spiro atoms. The average Bonchev–Trinajstić information content (AvgIpc) is 2.65. The van der Waals surface area contributed by atoms with Crippen molar-refractivity contribution in [3.63, 3.8) is 0 Å². The van der Waals surface area contributed by atoms with Crippen LogP contribution in [-0.4, -0.2) is 16.0 Å². The second kappa shape index (κ2) is 4.11. The molecule has 2 aromatic heterocycles. The molecule has 0 saturated heterocycles. The molecule has 0 bridgehead atoms. The topological polar surface area (TPSA) is 51.8 Å². The molecule has 2 aromatic rings. The monoisotopic (exact) mass is 235 g/mol. The second-order valence-corrected chi connectivity index (χ2v) is 6.05. The lowest BCUT2D eigenvalue weighted by Crippen LogP contribution is -2.37. The van der Waals surface area contributed by atoms with Crippen molar-refractivity contribution in [1.82, 2.24) is 9.97 Å². The number of nitrogens with zero attached hydrogens (tertiary/aromatic N) is 2. The van der Waals surface area contributed by atoms with Gasteiger partial charge >= 0.3 is 0 Å². The number of fused-ring (bicyclic) bond motifs is 1. The zero-order chi connectivity index (χ0) is 11.8. The highest BCUT2D eigenvalue weighted by Gasteiger charge is 2.22. The van der Waals surface area contributed by atoms with Crippen molar-refractivity contribution in [1.29, 1.82) is 0 Å². The van der Waals surface area contributed by atoms with Gasteiger partial charge in [0.1, 0.15) is 6.33 Å². The van der Waals surface area contributed by atoms with E-state index in [1.807, 2.05) is 11.4 Å². The van der Waals surface area contributed by atoms with Crippen LogP contribution in [-0.2, 0) is 6.42 Å². The van der Waals surface area contributed by atoms with Crippen molar-refractivity contribution in [2.75, 3.05) is 0 Å². The molecule has 3 nitrogen and oxygen atoms in total. The molecule has 4 heteroatoms. The van der Waals surface area contributed by atoms with E-state index in [0.29, 0.717) is 0 Å². The molecule has 0 aliphatic rings. The summed E-state index contributed by atoms with van der Waals surface area (Å²) in [6.45, 7) is 6.47. The summed E-state index contributed by atoms with van der Waals surface area (Å²) >= 11 is 1.69. The van der Waals surface area contributed by atoms with Gasteiger partial charge in [-0.1, -0.05) is 20.8 Å². The third-order valence-corrected chi connectivity index (χ3v) is 3.80. The lowest BCUT2D eigenvalue weighted by atomic mass is 9.85. The Kier molecular flexibility index (Phi) is 2.95. The number of thiophene rings is 1. The van der Waals surface area contributed by atoms with E-state index in [1.165, 1.54) is 4.70 Å². The fourth-order valence-corrected chi connectivity index (χ4v) is 2.35.